The predicted octanol–water partition coefficient (Wildman–Crippen LogP) is 9.52. The van der Waals surface area contributed by atoms with Crippen LogP contribution in [0.1, 0.15) is 125 Å². The Labute approximate surface area is 539 Å². The van der Waals surface area contributed by atoms with Gasteiger partial charge in [-0.25, -0.2) is 17.9 Å². The largest absolute Gasteiger partial charge is 0.383 e. The first-order valence-corrected chi connectivity index (χ1v) is 35.8. The number of carbonyl (C=O) groups is 4. The average molecular weight is 1310 g/mol. The Morgan fingerprint density at radius 2 is 1.00 bits per heavy atom. The lowest BCUT2D eigenvalue weighted by Crippen LogP contribution is -2.51. The summed E-state index contributed by atoms with van der Waals surface area (Å²) in [5, 5.41) is 2.03. The number of carbonyl (C=O) groups excluding carboxylic acids is 4. The molecule has 2 aliphatic carbocycles. The Bertz CT molecular complexity index is 4440. The molecule has 1 saturated heterocycles. The van der Waals surface area contributed by atoms with E-state index in [9.17, 15) is 44.4 Å². The molecule has 12 rings (SSSR count). The van der Waals surface area contributed by atoms with Gasteiger partial charge in [-0.15, -0.1) is 0 Å². The third kappa shape index (κ3) is 13.3. The Morgan fingerprint density at radius 3 is 1.46 bits per heavy atom. The zero-order chi connectivity index (χ0) is 65.4. The van der Waals surface area contributed by atoms with E-state index in [0.29, 0.717) is 42.7 Å². The number of methoxy groups -OCH3 is 1. The summed E-state index contributed by atoms with van der Waals surface area (Å²) in [6, 6.07) is 33.7. The van der Waals surface area contributed by atoms with Gasteiger partial charge in [-0.05, 0) is 115 Å². The molecule has 0 atom stereocenters. The van der Waals surface area contributed by atoms with Crippen LogP contribution in [-0.4, -0.2) is 162 Å². The molecule has 20 nitrogen and oxygen atoms in total. The number of fused-ring (bicyclic) bond motifs is 10. The van der Waals surface area contributed by atoms with E-state index in [1.54, 1.807) is 72.5 Å². The number of rotatable bonds is 15. The monoisotopic (exact) mass is 1310 g/mol. The minimum atomic E-state index is -4.01. The quantitative estimate of drug-likeness (QED) is 0.0982. The van der Waals surface area contributed by atoms with Gasteiger partial charge in [0.2, 0.25) is 10.0 Å². The maximum atomic E-state index is 14.4. The van der Waals surface area contributed by atoms with Gasteiger partial charge in [-0.2, -0.15) is 29.8 Å². The van der Waals surface area contributed by atoms with Crippen molar-refractivity contribution in [3.8, 4) is 22.5 Å². The lowest BCUT2D eigenvalue weighted by molar-refractivity contribution is -0.128. The number of hydrogen-bond donors (Lipinski definition) is 2. The smallest absolute Gasteiger partial charge is 0.303 e. The highest BCUT2D eigenvalue weighted by Crippen LogP contribution is 2.49. The Kier molecular flexibility index (Phi) is 19.3. The molecule has 2 aromatic heterocycles. The predicted molar refractivity (Wildman–Crippen MR) is 359 cm³/mol. The van der Waals surface area contributed by atoms with Crippen molar-refractivity contribution >= 4 is 88.0 Å². The van der Waals surface area contributed by atoms with Gasteiger partial charge in [0.25, 0.3) is 23.6 Å². The third-order valence-electron chi connectivity index (χ3n) is 18.6. The van der Waals surface area contributed by atoms with Gasteiger partial charge in [0.1, 0.15) is 0 Å². The second-order valence-electron chi connectivity index (χ2n) is 25.0. The molecule has 0 spiro atoms. The normalized spacial score (nSPS) is 16.7. The summed E-state index contributed by atoms with van der Waals surface area (Å²) >= 11 is 0. The highest BCUT2D eigenvalue weighted by atomic mass is 32.2. The van der Waals surface area contributed by atoms with Gasteiger partial charge in [0.15, 0.2) is 0 Å². The molecule has 486 valence electrons. The zero-order valence-electron chi connectivity index (χ0n) is 53.3. The summed E-state index contributed by atoms with van der Waals surface area (Å²) in [7, 11) is -2.83. The van der Waals surface area contributed by atoms with Crippen molar-refractivity contribution in [1.82, 2.24) is 41.3 Å². The summed E-state index contributed by atoms with van der Waals surface area (Å²) in [5.74, 6) is -1.05. The molecular weight excluding hydrogens is 1230 g/mol. The Balaban J connectivity index is 0.000000193. The van der Waals surface area contributed by atoms with E-state index in [4.69, 9.17) is 4.74 Å². The Hall–Kier alpha value is -7.77. The van der Waals surface area contributed by atoms with Crippen molar-refractivity contribution in [3.63, 3.8) is 0 Å². The number of benzene rings is 5. The number of nitrogens with zero attached hydrogens (tertiary/aromatic N) is 7. The molecule has 5 aliphatic rings. The van der Waals surface area contributed by atoms with Crippen LogP contribution in [0.15, 0.2) is 125 Å². The maximum Gasteiger partial charge on any atom is 0.303 e. The van der Waals surface area contributed by atoms with E-state index in [0.717, 1.165) is 121 Å². The van der Waals surface area contributed by atoms with E-state index in [1.165, 1.54) is 56.5 Å². The van der Waals surface area contributed by atoms with Crippen LogP contribution in [-0.2, 0) is 57.9 Å². The van der Waals surface area contributed by atoms with Gasteiger partial charge in [0.05, 0.1) is 36.0 Å². The second kappa shape index (κ2) is 27.1. The SMILES string of the molecule is COCCN(C)C(=O)C1=Cc2ccccc2-c2c(C3CCCCC3)c3ccc(C(=O)NS(=O)(=O)N(C)C)cc3n2C1.Cc1ccc(S(=O)(=O)N2CCN(C(=O)C3=Cc4ccccc4-c4c(C5CCCCC5)c5ccc(C(=O)NS(=O)(=O)N(C)C)cc5n4C3)CC2)cc1. The molecule has 5 heterocycles. The van der Waals surface area contributed by atoms with Crippen LogP contribution in [0.5, 0.6) is 0 Å². The molecule has 5 aromatic carbocycles. The van der Waals surface area contributed by atoms with Crippen molar-refractivity contribution in [3.05, 3.63) is 159 Å². The topological polar surface area (TPSA) is 230 Å². The van der Waals surface area contributed by atoms with Gasteiger partial charge in [-0.1, -0.05) is 117 Å². The number of likely N-dealkylation sites (N-methyl/N-ethyl adjacent to an activating group) is 1. The van der Waals surface area contributed by atoms with Crippen molar-refractivity contribution in [2.75, 3.05) is 81.7 Å². The van der Waals surface area contributed by atoms with Crippen molar-refractivity contribution in [1.29, 1.82) is 0 Å². The fraction of sp³-hybridized carbons (Fsp3) is 0.391. The lowest BCUT2D eigenvalue weighted by Gasteiger charge is -2.34. The van der Waals surface area contributed by atoms with Crippen LogP contribution in [0.2, 0.25) is 0 Å². The van der Waals surface area contributed by atoms with Crippen LogP contribution in [0, 0.1) is 6.92 Å². The zero-order valence-corrected chi connectivity index (χ0v) is 55.7. The van der Waals surface area contributed by atoms with E-state index in [1.807, 2.05) is 67.6 Å². The fourth-order valence-electron chi connectivity index (χ4n) is 13.6. The number of hydrogen-bond acceptors (Lipinski definition) is 11. The number of aryl methyl sites for hydroxylation is 1. The number of ether oxygens (including phenoxy) is 1. The molecule has 3 fully saturated rings. The fourth-order valence-corrected chi connectivity index (χ4v) is 16.1. The molecule has 23 heteroatoms. The first-order chi connectivity index (χ1) is 44.0. The average Bonchev–Trinajstić information content (AvgIpc) is 1.58. The minimum absolute atomic E-state index is 0.0863. The molecule has 0 bridgehead atoms. The van der Waals surface area contributed by atoms with Crippen LogP contribution >= 0.6 is 0 Å². The highest BCUT2D eigenvalue weighted by Gasteiger charge is 2.36. The minimum Gasteiger partial charge on any atom is -0.383 e. The molecule has 2 saturated carbocycles. The number of aromatic nitrogens is 2. The van der Waals surface area contributed by atoms with E-state index < -0.39 is 42.3 Å². The first-order valence-electron chi connectivity index (χ1n) is 31.5. The molecule has 3 aliphatic heterocycles. The highest BCUT2D eigenvalue weighted by molar-refractivity contribution is 7.89. The summed E-state index contributed by atoms with van der Waals surface area (Å²) in [6.07, 6.45) is 15.1. The number of amides is 4. The molecule has 92 heavy (non-hydrogen) atoms. The van der Waals surface area contributed by atoms with Crippen LogP contribution in [0.3, 0.4) is 0 Å². The summed E-state index contributed by atoms with van der Waals surface area (Å²) in [4.78, 5) is 58.1. The third-order valence-corrected chi connectivity index (χ3v) is 23.3. The summed E-state index contributed by atoms with van der Waals surface area (Å²) in [6.45, 7) is 4.23. The molecule has 7 aromatic rings. The van der Waals surface area contributed by atoms with E-state index >= 15 is 0 Å². The summed E-state index contributed by atoms with van der Waals surface area (Å²) < 4.78 is 93.7. The van der Waals surface area contributed by atoms with Gasteiger partial charge >= 0.3 is 20.4 Å². The second-order valence-corrected chi connectivity index (χ2v) is 30.7. The van der Waals surface area contributed by atoms with Crippen LogP contribution in [0.4, 0.5) is 0 Å². The van der Waals surface area contributed by atoms with Gasteiger partial charge in [0, 0.05) is 130 Å². The lowest BCUT2D eigenvalue weighted by atomic mass is 9.81. The van der Waals surface area contributed by atoms with Gasteiger partial charge < -0.3 is 23.7 Å². The maximum absolute atomic E-state index is 14.4. The number of nitrogens with one attached hydrogen (secondary N) is 2. The molecule has 2 N–H and O–H groups in total. The van der Waals surface area contributed by atoms with Gasteiger partial charge in [-0.3, -0.25) is 19.2 Å². The van der Waals surface area contributed by atoms with Crippen molar-refractivity contribution in [2.45, 2.75) is 101 Å². The molecule has 0 radical (unpaired) electrons. The Morgan fingerprint density at radius 1 is 0.554 bits per heavy atom. The number of piperazine rings is 1. The standard InChI is InChI=1S/C38H43N5O6S2.C31H38N4O5S/c1-26-13-16-31(17-14-26)50(46,47)42-21-19-41(20-22-42)38(45)30-23-28-11-7-8-12-32(28)36-35(27-9-5-4-6-10-27)33-18-15-29(24-34(33)43(36)25-30)37(44)39-51(48,49)40(2)3;1-33(2)41(38,39)32-30(36)23-14-15-26-27(19-23)35-20-24(31(37)34(3)16-17-40-4)18-22-12-8-9-13-25(22)29(35)28(26)21-10-6-5-7-11-21/h7-8,11-18,23-24,27H,4-6,9-10,19-22,25H2,1-3H3,(H,39,44);8-9,12-15,18-19,21H,5-7,10-11,16-17,20H2,1-4H3,(H,32,36). The number of sulfonamides is 1. The molecular formula is C69H81N9O11S3. The van der Waals surface area contributed by atoms with E-state index in [-0.39, 0.29) is 60.6 Å². The first kappa shape index (κ1) is 65.7. The van der Waals surface area contributed by atoms with Crippen molar-refractivity contribution in [2.24, 2.45) is 0 Å². The summed E-state index contributed by atoms with van der Waals surface area (Å²) in [5.41, 5.74) is 12.6. The molecule has 4 amide bonds. The van der Waals surface area contributed by atoms with Crippen molar-refractivity contribution < 1.29 is 49.2 Å². The molecule has 0 unspecified atom stereocenters. The van der Waals surface area contributed by atoms with Crippen LogP contribution in [0.25, 0.3) is 56.5 Å². The van der Waals surface area contributed by atoms with Crippen LogP contribution < -0.4 is 9.44 Å². The van der Waals surface area contributed by atoms with E-state index in [2.05, 4.69) is 30.7 Å².